The van der Waals surface area contributed by atoms with Crippen LogP contribution in [-0.4, -0.2) is 49.0 Å². The maximum Gasteiger partial charge on any atom is 0.254 e. The Bertz CT molecular complexity index is 1590. The van der Waals surface area contributed by atoms with Crippen molar-refractivity contribution < 1.29 is 4.79 Å². The van der Waals surface area contributed by atoms with Gasteiger partial charge in [-0.15, -0.1) is 12.4 Å². The van der Waals surface area contributed by atoms with E-state index in [1.807, 2.05) is 42.4 Å². The lowest BCUT2D eigenvalue weighted by molar-refractivity contribution is 0.0709. The largest absolute Gasteiger partial charge is 0.338 e. The number of hydrogen-bond donors (Lipinski definition) is 1. The molecule has 4 heterocycles. The van der Waals surface area contributed by atoms with Gasteiger partial charge in [0.25, 0.3) is 5.91 Å². The summed E-state index contributed by atoms with van der Waals surface area (Å²) in [4.78, 5) is 24.9. The summed E-state index contributed by atoms with van der Waals surface area (Å²) in [6.45, 7) is 4.31. The van der Waals surface area contributed by atoms with Crippen molar-refractivity contribution in [3.63, 3.8) is 0 Å². The number of hydrogen-bond acceptors (Lipinski definition) is 4. The first kappa shape index (κ1) is 25.0. The van der Waals surface area contributed by atoms with E-state index in [-0.39, 0.29) is 24.4 Å². The van der Waals surface area contributed by atoms with E-state index in [1.54, 1.807) is 6.20 Å². The van der Waals surface area contributed by atoms with Crippen molar-refractivity contribution in [3.8, 4) is 22.6 Å². The normalized spacial score (nSPS) is 15.8. The van der Waals surface area contributed by atoms with Crippen LogP contribution in [0.15, 0.2) is 67.0 Å². The van der Waals surface area contributed by atoms with Gasteiger partial charge in [-0.3, -0.25) is 9.78 Å². The van der Waals surface area contributed by atoms with Crippen LogP contribution in [0.25, 0.3) is 44.6 Å². The average Bonchev–Trinajstić information content (AvgIpc) is 3.45. The van der Waals surface area contributed by atoms with Gasteiger partial charge in [0.1, 0.15) is 0 Å². The summed E-state index contributed by atoms with van der Waals surface area (Å²) in [6.07, 6.45) is 5.49. The van der Waals surface area contributed by atoms with Crippen LogP contribution in [0.4, 0.5) is 0 Å². The first-order chi connectivity index (χ1) is 17.5. The van der Waals surface area contributed by atoms with Crippen LogP contribution in [0.1, 0.15) is 30.1 Å². The van der Waals surface area contributed by atoms with E-state index in [0.29, 0.717) is 12.1 Å². The van der Waals surface area contributed by atoms with Crippen LogP contribution in [0.2, 0.25) is 0 Å². The van der Waals surface area contributed by atoms with Crippen LogP contribution in [0, 0.1) is 0 Å². The number of benzene rings is 2. The number of piperidine rings is 1. The number of aryl methyl sites for hydroxylation is 2. The van der Waals surface area contributed by atoms with E-state index < -0.39 is 0 Å². The van der Waals surface area contributed by atoms with Crippen molar-refractivity contribution in [2.24, 2.45) is 12.8 Å². The van der Waals surface area contributed by atoms with Gasteiger partial charge in [-0.25, -0.2) is 4.98 Å². The summed E-state index contributed by atoms with van der Waals surface area (Å²) in [5.41, 5.74) is 12.7. The Morgan fingerprint density at radius 1 is 1.14 bits per heavy atom. The Morgan fingerprint density at radius 2 is 1.97 bits per heavy atom. The van der Waals surface area contributed by atoms with E-state index in [2.05, 4.69) is 51.4 Å². The Morgan fingerprint density at radius 3 is 2.73 bits per heavy atom. The fourth-order valence-electron chi connectivity index (χ4n) is 5.56. The molecule has 0 saturated carbocycles. The minimum Gasteiger partial charge on any atom is -0.338 e. The number of halogens is 1. The second kappa shape index (κ2) is 10.00. The molecule has 7 nitrogen and oxygen atoms in total. The molecule has 0 unspecified atom stereocenters. The number of likely N-dealkylation sites (tertiary alicyclic amines) is 1. The Balaban J connectivity index is 0.00000280. The topological polar surface area (TPSA) is 82.0 Å². The molecule has 190 valence electrons. The number of carbonyl (C=O) groups is 1. The van der Waals surface area contributed by atoms with Crippen LogP contribution in [0.5, 0.6) is 0 Å². The molecule has 5 aromatic rings. The van der Waals surface area contributed by atoms with Crippen LogP contribution < -0.4 is 5.73 Å². The summed E-state index contributed by atoms with van der Waals surface area (Å²) in [7, 11) is 2.05. The molecule has 0 aliphatic carbocycles. The third kappa shape index (κ3) is 4.28. The highest BCUT2D eigenvalue weighted by Crippen LogP contribution is 2.35. The molecule has 0 spiro atoms. The van der Waals surface area contributed by atoms with E-state index in [1.165, 1.54) is 10.9 Å². The molecular formula is C29H31ClN6O. The zero-order valence-corrected chi connectivity index (χ0v) is 21.9. The van der Waals surface area contributed by atoms with Crippen molar-refractivity contribution in [1.29, 1.82) is 0 Å². The second-order valence-electron chi connectivity index (χ2n) is 9.61. The number of nitrogens with two attached hydrogens (primary N) is 1. The first-order valence-corrected chi connectivity index (χ1v) is 12.6. The molecule has 2 aromatic carbocycles. The molecule has 6 rings (SSSR count). The number of amides is 1. The maximum atomic E-state index is 13.6. The molecule has 1 saturated heterocycles. The standard InChI is InChI=1S/C29H30N6O.ClH/c1-3-35-25-11-5-4-8-19(25)16-26(35)28-32-24-15-21(29(36)34-13-7-10-22(30)18-34)14-23(27(24)33(28)2)20-9-6-12-31-17-20;/h4-6,8-9,11-12,14-17,22H,3,7,10,13,18,30H2,1-2H3;1H/t22-;/m1./s1. The van der Waals surface area contributed by atoms with Crippen molar-refractivity contribution in [1.82, 2.24) is 24.0 Å². The average molecular weight is 515 g/mol. The molecule has 1 fully saturated rings. The second-order valence-corrected chi connectivity index (χ2v) is 9.61. The van der Waals surface area contributed by atoms with E-state index >= 15 is 0 Å². The Kier molecular flexibility index (Phi) is 6.75. The molecule has 1 aliphatic rings. The molecule has 0 radical (unpaired) electrons. The van der Waals surface area contributed by atoms with Crippen molar-refractivity contribution in [3.05, 3.63) is 72.6 Å². The van der Waals surface area contributed by atoms with Gasteiger partial charge in [-0.1, -0.05) is 24.3 Å². The number of para-hydroxylation sites is 1. The molecule has 1 atom stereocenters. The van der Waals surface area contributed by atoms with E-state index in [4.69, 9.17) is 10.7 Å². The zero-order chi connectivity index (χ0) is 24.8. The summed E-state index contributed by atoms with van der Waals surface area (Å²) < 4.78 is 4.44. The summed E-state index contributed by atoms with van der Waals surface area (Å²) >= 11 is 0. The molecule has 2 N–H and O–H groups in total. The van der Waals surface area contributed by atoms with Gasteiger partial charge in [0, 0.05) is 72.7 Å². The zero-order valence-electron chi connectivity index (χ0n) is 21.1. The molecule has 3 aromatic heterocycles. The molecule has 1 amide bonds. The minimum absolute atomic E-state index is 0. The highest BCUT2D eigenvalue weighted by atomic mass is 35.5. The van der Waals surface area contributed by atoms with Gasteiger partial charge in [0.05, 0.1) is 16.7 Å². The number of imidazole rings is 1. The van der Waals surface area contributed by atoms with E-state index in [0.717, 1.165) is 59.6 Å². The predicted molar refractivity (Wildman–Crippen MR) is 151 cm³/mol. The Hall–Kier alpha value is -3.68. The van der Waals surface area contributed by atoms with Gasteiger partial charge in [-0.2, -0.15) is 0 Å². The molecule has 37 heavy (non-hydrogen) atoms. The number of carbonyl (C=O) groups excluding carboxylic acids is 1. The number of fused-ring (bicyclic) bond motifs is 2. The van der Waals surface area contributed by atoms with Crippen LogP contribution in [0.3, 0.4) is 0 Å². The van der Waals surface area contributed by atoms with Gasteiger partial charge in [-0.05, 0) is 50.1 Å². The van der Waals surface area contributed by atoms with Gasteiger partial charge < -0.3 is 19.8 Å². The van der Waals surface area contributed by atoms with Crippen LogP contribution >= 0.6 is 12.4 Å². The summed E-state index contributed by atoms with van der Waals surface area (Å²) in [6, 6.07) is 18.5. The highest BCUT2D eigenvalue weighted by Gasteiger charge is 2.25. The monoisotopic (exact) mass is 514 g/mol. The van der Waals surface area contributed by atoms with Gasteiger partial charge in [0.2, 0.25) is 0 Å². The fraction of sp³-hybridized carbons (Fsp3) is 0.276. The number of nitrogens with zero attached hydrogens (tertiary/aromatic N) is 5. The molecule has 1 aliphatic heterocycles. The van der Waals surface area contributed by atoms with Crippen LogP contribution in [-0.2, 0) is 13.6 Å². The first-order valence-electron chi connectivity index (χ1n) is 12.6. The van der Waals surface area contributed by atoms with Crippen molar-refractivity contribution >= 4 is 40.3 Å². The highest BCUT2D eigenvalue weighted by molar-refractivity contribution is 6.03. The lowest BCUT2D eigenvalue weighted by atomic mass is 10.0. The minimum atomic E-state index is 0. The third-order valence-electron chi connectivity index (χ3n) is 7.29. The maximum absolute atomic E-state index is 13.6. The lowest BCUT2D eigenvalue weighted by Crippen LogP contribution is -2.45. The third-order valence-corrected chi connectivity index (χ3v) is 7.29. The Labute approximate surface area is 222 Å². The summed E-state index contributed by atoms with van der Waals surface area (Å²) in [5, 5.41) is 1.19. The fourth-order valence-corrected chi connectivity index (χ4v) is 5.56. The summed E-state index contributed by atoms with van der Waals surface area (Å²) in [5.74, 6) is 0.879. The SMILES string of the molecule is CCn1c(-c2nc3cc(C(=O)N4CCC[C@@H](N)C4)cc(-c4cccnc4)c3n2C)cc2ccccc21.Cl. The molecule has 0 bridgehead atoms. The van der Waals surface area contributed by atoms with E-state index in [9.17, 15) is 4.79 Å². The van der Waals surface area contributed by atoms with Gasteiger partial charge >= 0.3 is 0 Å². The predicted octanol–water partition coefficient (Wildman–Crippen LogP) is 5.26. The smallest absolute Gasteiger partial charge is 0.254 e. The molecular weight excluding hydrogens is 484 g/mol. The lowest BCUT2D eigenvalue weighted by Gasteiger charge is -2.31. The number of aromatic nitrogens is 4. The van der Waals surface area contributed by atoms with Gasteiger partial charge in [0.15, 0.2) is 5.82 Å². The number of rotatable bonds is 4. The quantitative estimate of drug-likeness (QED) is 0.354. The van der Waals surface area contributed by atoms with Crippen molar-refractivity contribution in [2.45, 2.75) is 32.4 Å². The molecule has 8 heteroatoms. The number of pyridine rings is 1. The van der Waals surface area contributed by atoms with Crippen molar-refractivity contribution in [2.75, 3.05) is 13.1 Å².